The number of thiophene rings is 2. The first-order chi connectivity index (χ1) is 12.7. The fourth-order valence-electron chi connectivity index (χ4n) is 3.25. The Labute approximate surface area is 159 Å². The van der Waals surface area contributed by atoms with Gasteiger partial charge in [0.25, 0.3) is 5.56 Å². The molecule has 0 aliphatic carbocycles. The molecule has 6 nitrogen and oxygen atoms in total. The van der Waals surface area contributed by atoms with E-state index in [1.165, 1.54) is 22.2 Å². The number of rotatable bonds is 4. The maximum absolute atomic E-state index is 13.0. The molecular formula is C18H20N4O2S2. The molecule has 3 aromatic rings. The first-order valence-electron chi connectivity index (χ1n) is 8.68. The summed E-state index contributed by atoms with van der Waals surface area (Å²) in [4.78, 5) is 35.9. The highest BCUT2D eigenvalue weighted by atomic mass is 32.1. The van der Waals surface area contributed by atoms with Gasteiger partial charge in [-0.1, -0.05) is 13.0 Å². The molecule has 1 fully saturated rings. The summed E-state index contributed by atoms with van der Waals surface area (Å²) in [5.74, 6) is -0.0168. The van der Waals surface area contributed by atoms with Crippen LogP contribution in [0.4, 0.5) is 0 Å². The standard InChI is InChI=1S/C18H20N4O2S2/c1-2-20-5-7-21(8-6-20)15(23)10-22-12-19-17-16(18(22)24)13(11-26-17)14-4-3-9-25-14/h3-4,9,11-12H,2,5-8,10H2,1H3. The molecule has 4 heterocycles. The highest BCUT2D eigenvalue weighted by Crippen LogP contribution is 2.33. The first kappa shape index (κ1) is 17.4. The second-order valence-electron chi connectivity index (χ2n) is 6.30. The van der Waals surface area contributed by atoms with Crippen LogP contribution in [-0.2, 0) is 11.3 Å². The van der Waals surface area contributed by atoms with Gasteiger partial charge in [0.15, 0.2) is 0 Å². The van der Waals surface area contributed by atoms with Gasteiger partial charge < -0.3 is 9.80 Å². The normalized spacial score (nSPS) is 15.7. The van der Waals surface area contributed by atoms with Gasteiger partial charge in [0.05, 0.1) is 11.7 Å². The summed E-state index contributed by atoms with van der Waals surface area (Å²) in [5, 5.41) is 4.58. The van der Waals surface area contributed by atoms with Crippen molar-refractivity contribution in [2.24, 2.45) is 0 Å². The van der Waals surface area contributed by atoms with Crippen LogP contribution in [0, 0.1) is 0 Å². The monoisotopic (exact) mass is 388 g/mol. The van der Waals surface area contributed by atoms with Crippen LogP contribution in [-0.4, -0.2) is 58.0 Å². The number of piperazine rings is 1. The van der Waals surface area contributed by atoms with E-state index in [1.807, 2.05) is 27.8 Å². The van der Waals surface area contributed by atoms with Gasteiger partial charge in [-0.15, -0.1) is 22.7 Å². The number of amides is 1. The molecule has 0 atom stereocenters. The molecule has 0 radical (unpaired) electrons. The van der Waals surface area contributed by atoms with Crippen LogP contribution in [0.3, 0.4) is 0 Å². The van der Waals surface area contributed by atoms with Gasteiger partial charge in [0.2, 0.25) is 5.91 Å². The fourth-order valence-corrected chi connectivity index (χ4v) is 4.97. The molecular weight excluding hydrogens is 368 g/mol. The van der Waals surface area contributed by atoms with Gasteiger partial charge in [-0.2, -0.15) is 0 Å². The third-order valence-corrected chi connectivity index (χ3v) is 6.61. The highest BCUT2D eigenvalue weighted by molar-refractivity contribution is 7.18. The molecule has 4 rings (SSSR count). The van der Waals surface area contributed by atoms with Crippen molar-refractivity contribution in [1.29, 1.82) is 0 Å². The molecule has 26 heavy (non-hydrogen) atoms. The minimum Gasteiger partial charge on any atom is -0.339 e. The average molecular weight is 389 g/mol. The maximum atomic E-state index is 13.0. The highest BCUT2D eigenvalue weighted by Gasteiger charge is 2.21. The van der Waals surface area contributed by atoms with Crippen LogP contribution in [0.5, 0.6) is 0 Å². The third-order valence-electron chi connectivity index (χ3n) is 4.83. The summed E-state index contributed by atoms with van der Waals surface area (Å²) >= 11 is 3.07. The predicted octanol–water partition coefficient (Wildman–Crippen LogP) is 2.35. The number of fused-ring (bicyclic) bond motifs is 1. The first-order valence-corrected chi connectivity index (χ1v) is 10.4. The Morgan fingerprint density at radius 3 is 2.73 bits per heavy atom. The Morgan fingerprint density at radius 2 is 2.04 bits per heavy atom. The Hall–Kier alpha value is -2.03. The lowest BCUT2D eigenvalue weighted by molar-refractivity contribution is -0.133. The number of carbonyl (C=O) groups excluding carboxylic acids is 1. The van der Waals surface area contributed by atoms with Gasteiger partial charge in [0.1, 0.15) is 11.4 Å². The Bertz CT molecular complexity index is 969. The van der Waals surface area contributed by atoms with Gasteiger partial charge in [-0.25, -0.2) is 4.98 Å². The van der Waals surface area contributed by atoms with Crippen molar-refractivity contribution < 1.29 is 4.79 Å². The topological polar surface area (TPSA) is 58.4 Å². The van der Waals surface area contributed by atoms with E-state index >= 15 is 0 Å². The fraction of sp³-hybridized carbons (Fsp3) is 0.389. The van der Waals surface area contributed by atoms with E-state index in [9.17, 15) is 9.59 Å². The Morgan fingerprint density at radius 1 is 1.23 bits per heavy atom. The molecule has 3 aromatic heterocycles. The Balaban J connectivity index is 1.59. The van der Waals surface area contributed by atoms with Gasteiger partial charge in [-0.3, -0.25) is 14.2 Å². The molecule has 0 saturated carbocycles. The van der Waals surface area contributed by atoms with Crippen LogP contribution in [0.25, 0.3) is 20.7 Å². The maximum Gasteiger partial charge on any atom is 0.263 e. The summed E-state index contributed by atoms with van der Waals surface area (Å²) in [6, 6.07) is 3.97. The van der Waals surface area contributed by atoms with E-state index in [4.69, 9.17) is 0 Å². The molecule has 1 saturated heterocycles. The minimum atomic E-state index is -0.139. The van der Waals surface area contributed by atoms with E-state index in [-0.39, 0.29) is 18.0 Å². The zero-order valence-electron chi connectivity index (χ0n) is 14.6. The summed E-state index contributed by atoms with van der Waals surface area (Å²) < 4.78 is 1.45. The zero-order valence-corrected chi connectivity index (χ0v) is 16.2. The molecule has 0 spiro atoms. The molecule has 0 unspecified atom stereocenters. The zero-order chi connectivity index (χ0) is 18.1. The smallest absolute Gasteiger partial charge is 0.263 e. The van der Waals surface area contributed by atoms with Crippen molar-refractivity contribution in [2.75, 3.05) is 32.7 Å². The van der Waals surface area contributed by atoms with Gasteiger partial charge in [-0.05, 0) is 18.0 Å². The molecule has 1 amide bonds. The van der Waals surface area contributed by atoms with Crippen molar-refractivity contribution in [3.05, 3.63) is 39.6 Å². The van der Waals surface area contributed by atoms with E-state index in [1.54, 1.807) is 11.3 Å². The van der Waals surface area contributed by atoms with Crippen LogP contribution in [0.15, 0.2) is 34.0 Å². The van der Waals surface area contributed by atoms with E-state index in [2.05, 4.69) is 16.8 Å². The SMILES string of the molecule is CCN1CCN(C(=O)Cn2cnc3scc(-c4cccs4)c3c2=O)CC1. The lowest BCUT2D eigenvalue weighted by Gasteiger charge is -2.34. The lowest BCUT2D eigenvalue weighted by Crippen LogP contribution is -2.49. The van der Waals surface area contributed by atoms with Crippen LogP contribution in [0.2, 0.25) is 0 Å². The van der Waals surface area contributed by atoms with E-state index in [0.29, 0.717) is 5.39 Å². The van der Waals surface area contributed by atoms with Crippen molar-refractivity contribution in [3.8, 4) is 10.4 Å². The average Bonchev–Trinajstić information content (AvgIpc) is 3.33. The third kappa shape index (κ3) is 3.20. The lowest BCUT2D eigenvalue weighted by atomic mass is 10.2. The second-order valence-corrected chi connectivity index (χ2v) is 8.11. The van der Waals surface area contributed by atoms with Crippen LogP contribution in [0.1, 0.15) is 6.92 Å². The molecule has 0 aromatic carbocycles. The quantitative estimate of drug-likeness (QED) is 0.688. The number of hydrogen-bond donors (Lipinski definition) is 0. The van der Waals surface area contributed by atoms with Crippen molar-refractivity contribution in [2.45, 2.75) is 13.5 Å². The number of carbonyl (C=O) groups is 1. The van der Waals surface area contributed by atoms with Crippen molar-refractivity contribution in [1.82, 2.24) is 19.4 Å². The number of likely N-dealkylation sites (N-methyl/N-ethyl adjacent to an activating group) is 1. The molecule has 0 bridgehead atoms. The largest absolute Gasteiger partial charge is 0.339 e. The predicted molar refractivity (Wildman–Crippen MR) is 106 cm³/mol. The van der Waals surface area contributed by atoms with E-state index in [0.717, 1.165) is 48.0 Å². The number of hydrogen-bond acceptors (Lipinski definition) is 6. The molecule has 8 heteroatoms. The summed E-state index contributed by atoms with van der Waals surface area (Å²) in [6.07, 6.45) is 1.50. The molecule has 1 aliphatic rings. The molecule has 1 aliphatic heterocycles. The van der Waals surface area contributed by atoms with Crippen LogP contribution < -0.4 is 5.56 Å². The van der Waals surface area contributed by atoms with Crippen molar-refractivity contribution >= 4 is 38.8 Å². The van der Waals surface area contributed by atoms with E-state index < -0.39 is 0 Å². The Kier molecular flexibility index (Phi) is 4.88. The van der Waals surface area contributed by atoms with Gasteiger partial charge >= 0.3 is 0 Å². The summed E-state index contributed by atoms with van der Waals surface area (Å²) in [7, 11) is 0. The van der Waals surface area contributed by atoms with Crippen molar-refractivity contribution in [3.63, 3.8) is 0 Å². The summed E-state index contributed by atoms with van der Waals surface area (Å²) in [6.45, 7) is 6.40. The number of nitrogens with zero attached hydrogens (tertiary/aromatic N) is 4. The van der Waals surface area contributed by atoms with Gasteiger partial charge in [0, 0.05) is 42.0 Å². The second kappa shape index (κ2) is 7.30. The minimum absolute atomic E-state index is 0.0168. The van der Waals surface area contributed by atoms with Crippen LogP contribution >= 0.6 is 22.7 Å². The summed E-state index contributed by atoms with van der Waals surface area (Å²) in [5.41, 5.74) is 0.774. The molecule has 136 valence electrons. The number of aromatic nitrogens is 2. The molecule has 0 N–H and O–H groups in total.